The van der Waals surface area contributed by atoms with E-state index in [-0.39, 0.29) is 17.9 Å². The molecule has 0 saturated carbocycles. The maximum absolute atomic E-state index is 13.2. The third kappa shape index (κ3) is 3.34. The summed E-state index contributed by atoms with van der Waals surface area (Å²) in [5.74, 6) is 1.22. The van der Waals surface area contributed by atoms with Crippen molar-refractivity contribution in [3.05, 3.63) is 61.0 Å². The van der Waals surface area contributed by atoms with Crippen molar-refractivity contribution in [2.75, 3.05) is 13.1 Å². The first kappa shape index (κ1) is 18.5. The lowest BCUT2D eigenvalue weighted by Crippen LogP contribution is -2.42. The summed E-state index contributed by atoms with van der Waals surface area (Å²) in [6.07, 6.45) is 6.98. The summed E-state index contributed by atoms with van der Waals surface area (Å²) in [6.45, 7) is 3.23. The van der Waals surface area contributed by atoms with Gasteiger partial charge in [0.15, 0.2) is 0 Å². The van der Waals surface area contributed by atoms with Crippen molar-refractivity contribution in [3.63, 3.8) is 0 Å². The Morgan fingerprint density at radius 2 is 2.13 bits per heavy atom. The summed E-state index contributed by atoms with van der Waals surface area (Å²) in [4.78, 5) is 28.2. The molecule has 2 atom stereocenters. The third-order valence-electron chi connectivity index (χ3n) is 5.70. The van der Waals surface area contributed by atoms with Crippen LogP contribution in [0.5, 0.6) is 0 Å². The van der Waals surface area contributed by atoms with Gasteiger partial charge in [0.1, 0.15) is 6.04 Å². The zero-order valence-electron chi connectivity index (χ0n) is 16.7. The highest BCUT2D eigenvalue weighted by Crippen LogP contribution is 2.29. The fraction of sp³-hybridized carbons (Fsp3) is 0.318. The van der Waals surface area contributed by atoms with Crippen LogP contribution in [0.25, 0.3) is 22.4 Å². The standard InChI is InChI=1S/C22H22N6O2/c1-15(28-14-24-18-8-2-3-9-19(18)28)22(29)27-11-5-7-17(13-27)21-25-20(26-30-21)16-6-4-10-23-12-16/h2-4,6,8-10,12,14-15,17H,5,7,11,13H2,1H3/t15-,17+/m0/s1. The number of carbonyl (C=O) groups is 1. The van der Waals surface area contributed by atoms with Crippen molar-refractivity contribution in [1.29, 1.82) is 0 Å². The molecule has 1 saturated heterocycles. The Morgan fingerprint density at radius 3 is 3.00 bits per heavy atom. The van der Waals surface area contributed by atoms with Gasteiger partial charge in [-0.25, -0.2) is 4.98 Å². The van der Waals surface area contributed by atoms with Gasteiger partial charge in [0.05, 0.1) is 23.3 Å². The van der Waals surface area contributed by atoms with E-state index >= 15 is 0 Å². The maximum atomic E-state index is 13.2. The number of carbonyl (C=O) groups excluding carboxylic acids is 1. The minimum absolute atomic E-state index is 0.0346. The fourth-order valence-electron chi connectivity index (χ4n) is 4.06. The van der Waals surface area contributed by atoms with Gasteiger partial charge in [0, 0.05) is 31.0 Å². The third-order valence-corrected chi connectivity index (χ3v) is 5.70. The molecule has 1 aliphatic rings. The Morgan fingerprint density at radius 1 is 1.23 bits per heavy atom. The number of hydrogen-bond donors (Lipinski definition) is 0. The molecule has 8 heteroatoms. The minimum Gasteiger partial charge on any atom is -0.340 e. The van der Waals surface area contributed by atoms with Gasteiger partial charge in [0.2, 0.25) is 17.6 Å². The number of likely N-dealkylation sites (tertiary alicyclic amines) is 1. The van der Waals surface area contributed by atoms with Crippen molar-refractivity contribution in [2.45, 2.75) is 31.7 Å². The van der Waals surface area contributed by atoms with Crippen LogP contribution in [0, 0.1) is 0 Å². The molecule has 1 fully saturated rings. The highest BCUT2D eigenvalue weighted by molar-refractivity contribution is 5.83. The molecule has 1 aromatic carbocycles. The van der Waals surface area contributed by atoms with E-state index in [4.69, 9.17) is 4.52 Å². The lowest BCUT2D eigenvalue weighted by Gasteiger charge is -2.33. The van der Waals surface area contributed by atoms with E-state index in [1.165, 1.54) is 0 Å². The van der Waals surface area contributed by atoms with Crippen LogP contribution in [0.4, 0.5) is 0 Å². The van der Waals surface area contributed by atoms with E-state index in [2.05, 4.69) is 20.1 Å². The second kappa shape index (κ2) is 7.70. The number of amides is 1. The second-order valence-electron chi connectivity index (χ2n) is 7.64. The molecule has 0 N–H and O–H groups in total. The van der Waals surface area contributed by atoms with Crippen molar-refractivity contribution < 1.29 is 9.32 Å². The minimum atomic E-state index is -0.329. The molecular formula is C22H22N6O2. The van der Waals surface area contributed by atoms with Gasteiger partial charge in [-0.15, -0.1) is 0 Å². The predicted octanol–water partition coefficient (Wildman–Crippen LogP) is 3.45. The summed E-state index contributed by atoms with van der Waals surface area (Å²) in [5, 5.41) is 4.10. The van der Waals surface area contributed by atoms with Crippen molar-refractivity contribution in [3.8, 4) is 11.4 Å². The number of piperidine rings is 1. The van der Waals surface area contributed by atoms with Crippen molar-refractivity contribution >= 4 is 16.9 Å². The van der Waals surface area contributed by atoms with E-state index in [0.717, 1.165) is 36.0 Å². The smallest absolute Gasteiger partial charge is 0.245 e. The molecule has 1 aliphatic heterocycles. The first-order chi connectivity index (χ1) is 14.7. The number of rotatable bonds is 4. The molecule has 0 unspecified atom stereocenters. The lowest BCUT2D eigenvalue weighted by atomic mass is 9.97. The van der Waals surface area contributed by atoms with E-state index < -0.39 is 0 Å². The van der Waals surface area contributed by atoms with Gasteiger partial charge < -0.3 is 14.0 Å². The Labute approximate surface area is 173 Å². The molecule has 4 aromatic rings. The summed E-state index contributed by atoms with van der Waals surface area (Å²) >= 11 is 0. The molecule has 1 amide bonds. The number of nitrogens with zero attached hydrogens (tertiary/aromatic N) is 6. The molecule has 0 radical (unpaired) electrons. The molecule has 30 heavy (non-hydrogen) atoms. The van der Waals surface area contributed by atoms with Crippen LogP contribution in [0.2, 0.25) is 0 Å². The quantitative estimate of drug-likeness (QED) is 0.519. The van der Waals surface area contributed by atoms with Crippen LogP contribution >= 0.6 is 0 Å². The zero-order chi connectivity index (χ0) is 20.5. The van der Waals surface area contributed by atoms with E-state index in [1.54, 1.807) is 18.7 Å². The molecule has 0 spiro atoms. The number of aromatic nitrogens is 5. The Balaban J connectivity index is 1.33. The predicted molar refractivity (Wildman–Crippen MR) is 111 cm³/mol. The summed E-state index contributed by atoms with van der Waals surface area (Å²) in [6, 6.07) is 11.3. The van der Waals surface area contributed by atoms with E-state index in [0.29, 0.717) is 18.3 Å². The molecule has 8 nitrogen and oxygen atoms in total. The summed E-state index contributed by atoms with van der Waals surface area (Å²) < 4.78 is 7.47. The molecule has 3 aromatic heterocycles. The molecule has 4 heterocycles. The number of benzene rings is 1. The molecule has 0 bridgehead atoms. The van der Waals surface area contributed by atoms with E-state index in [1.807, 2.05) is 52.8 Å². The number of fused-ring (bicyclic) bond motifs is 1. The average molecular weight is 402 g/mol. The Kier molecular flexibility index (Phi) is 4.74. The van der Waals surface area contributed by atoms with Crippen LogP contribution < -0.4 is 0 Å². The zero-order valence-corrected chi connectivity index (χ0v) is 16.7. The molecule has 5 rings (SSSR count). The average Bonchev–Trinajstić information content (AvgIpc) is 3.46. The lowest BCUT2D eigenvalue weighted by molar-refractivity contribution is -0.135. The van der Waals surface area contributed by atoms with Crippen LogP contribution in [0.15, 0.2) is 59.6 Å². The SMILES string of the molecule is C[C@@H](C(=O)N1CCC[C@@H](c2nc(-c3cccnc3)no2)C1)n1cnc2ccccc21. The molecular weight excluding hydrogens is 380 g/mol. The monoisotopic (exact) mass is 402 g/mol. The maximum Gasteiger partial charge on any atom is 0.245 e. The highest BCUT2D eigenvalue weighted by Gasteiger charge is 2.31. The first-order valence-electron chi connectivity index (χ1n) is 10.1. The van der Waals surface area contributed by atoms with Crippen molar-refractivity contribution in [1.82, 2.24) is 29.6 Å². The highest BCUT2D eigenvalue weighted by atomic mass is 16.5. The van der Waals surface area contributed by atoms with Gasteiger partial charge in [-0.3, -0.25) is 9.78 Å². The van der Waals surface area contributed by atoms with Gasteiger partial charge in [-0.2, -0.15) is 4.98 Å². The van der Waals surface area contributed by atoms with Gasteiger partial charge >= 0.3 is 0 Å². The number of imidazole rings is 1. The number of para-hydroxylation sites is 2. The molecule has 0 aliphatic carbocycles. The van der Waals surface area contributed by atoms with Crippen molar-refractivity contribution in [2.24, 2.45) is 0 Å². The molecule has 152 valence electrons. The van der Waals surface area contributed by atoms with Crippen LogP contribution in [-0.2, 0) is 4.79 Å². The van der Waals surface area contributed by atoms with Gasteiger partial charge in [-0.1, -0.05) is 17.3 Å². The largest absolute Gasteiger partial charge is 0.340 e. The van der Waals surface area contributed by atoms with Gasteiger partial charge in [0.25, 0.3) is 0 Å². The normalized spacial score (nSPS) is 17.9. The summed E-state index contributed by atoms with van der Waals surface area (Å²) in [5.41, 5.74) is 2.67. The number of hydrogen-bond acceptors (Lipinski definition) is 6. The van der Waals surface area contributed by atoms with Crippen LogP contribution in [-0.4, -0.2) is 48.6 Å². The van der Waals surface area contributed by atoms with Crippen LogP contribution in [0.3, 0.4) is 0 Å². The van der Waals surface area contributed by atoms with Crippen LogP contribution in [0.1, 0.15) is 37.6 Å². The summed E-state index contributed by atoms with van der Waals surface area (Å²) in [7, 11) is 0. The van der Waals surface area contributed by atoms with E-state index in [9.17, 15) is 4.79 Å². The second-order valence-corrected chi connectivity index (χ2v) is 7.64. The van der Waals surface area contributed by atoms with Gasteiger partial charge in [-0.05, 0) is 44.0 Å². The number of pyridine rings is 1. The Hall–Kier alpha value is -3.55. The first-order valence-corrected chi connectivity index (χ1v) is 10.1. The Bertz CT molecular complexity index is 1170. The fourth-order valence-corrected chi connectivity index (χ4v) is 4.06. The topological polar surface area (TPSA) is 89.9 Å².